The molecule has 0 saturated carbocycles. The van der Waals surface area contributed by atoms with E-state index < -0.39 is 0 Å². The zero-order valence-corrected chi connectivity index (χ0v) is 16.0. The Bertz CT molecular complexity index is 1140. The quantitative estimate of drug-likeness (QED) is 0.525. The fourth-order valence-electron chi connectivity index (χ4n) is 2.76. The van der Waals surface area contributed by atoms with E-state index in [9.17, 15) is 0 Å². The smallest absolute Gasteiger partial charge is 0.282 e. The van der Waals surface area contributed by atoms with Gasteiger partial charge in [0.25, 0.3) is 5.89 Å². The van der Waals surface area contributed by atoms with Crippen molar-refractivity contribution < 1.29 is 18.7 Å². The fourth-order valence-corrected chi connectivity index (χ4v) is 2.76. The summed E-state index contributed by atoms with van der Waals surface area (Å²) in [5.74, 6) is 2.69. The average molecular weight is 394 g/mol. The van der Waals surface area contributed by atoms with E-state index in [1.54, 1.807) is 39.5 Å². The van der Waals surface area contributed by atoms with Crippen molar-refractivity contribution in [3.05, 3.63) is 42.5 Å². The summed E-state index contributed by atoms with van der Waals surface area (Å²) < 4.78 is 22.6. The molecule has 0 spiro atoms. The van der Waals surface area contributed by atoms with Gasteiger partial charge in [0.05, 0.1) is 21.3 Å². The number of nitrogens with zero attached hydrogens (tertiary/aromatic N) is 5. The molecule has 0 aliphatic rings. The molecule has 0 saturated heterocycles. The molecule has 0 aliphatic carbocycles. The Labute approximate surface area is 165 Å². The van der Waals surface area contributed by atoms with Crippen molar-refractivity contribution in [2.75, 3.05) is 27.1 Å². The van der Waals surface area contributed by atoms with E-state index in [0.29, 0.717) is 23.0 Å². The van der Waals surface area contributed by atoms with Gasteiger partial charge in [0.2, 0.25) is 5.82 Å². The maximum absolute atomic E-state index is 6.27. The molecule has 2 aromatic heterocycles. The molecule has 0 aliphatic heterocycles. The van der Waals surface area contributed by atoms with E-state index in [2.05, 4.69) is 20.5 Å². The van der Waals surface area contributed by atoms with Crippen LogP contribution in [0.1, 0.15) is 0 Å². The van der Waals surface area contributed by atoms with Crippen molar-refractivity contribution in [3.8, 4) is 45.9 Å². The summed E-state index contributed by atoms with van der Waals surface area (Å²) in [6.07, 6.45) is 0. The zero-order chi connectivity index (χ0) is 20.4. The summed E-state index contributed by atoms with van der Waals surface area (Å²) >= 11 is 0. The van der Waals surface area contributed by atoms with E-state index in [-0.39, 0.29) is 17.4 Å². The molecule has 0 bridgehead atoms. The van der Waals surface area contributed by atoms with Crippen LogP contribution in [0, 0.1) is 0 Å². The molecule has 0 atom stereocenters. The van der Waals surface area contributed by atoms with Gasteiger partial charge in [-0.2, -0.15) is 9.67 Å². The number of hydrogen-bond acceptors (Lipinski definition) is 9. The van der Waals surface area contributed by atoms with Crippen LogP contribution in [0.15, 0.2) is 47.0 Å². The lowest BCUT2D eigenvalue weighted by Gasteiger charge is -2.10. The van der Waals surface area contributed by atoms with E-state index >= 15 is 0 Å². The van der Waals surface area contributed by atoms with Gasteiger partial charge in [-0.15, -0.1) is 5.10 Å². The van der Waals surface area contributed by atoms with Crippen LogP contribution in [0.5, 0.6) is 17.2 Å². The van der Waals surface area contributed by atoms with Crippen LogP contribution in [0.3, 0.4) is 0 Å². The lowest BCUT2D eigenvalue weighted by atomic mass is 10.2. The number of anilines is 1. The molecule has 0 radical (unpaired) electrons. The number of nitrogens with two attached hydrogens (primary N) is 1. The van der Waals surface area contributed by atoms with Crippen LogP contribution < -0.4 is 19.9 Å². The molecule has 0 fully saturated rings. The molecule has 0 amide bonds. The van der Waals surface area contributed by atoms with Crippen molar-refractivity contribution in [3.63, 3.8) is 0 Å². The Morgan fingerprint density at radius 1 is 0.931 bits per heavy atom. The van der Waals surface area contributed by atoms with Crippen molar-refractivity contribution >= 4 is 5.82 Å². The molecule has 4 aromatic rings. The van der Waals surface area contributed by atoms with Crippen molar-refractivity contribution in [2.45, 2.75) is 0 Å². The van der Waals surface area contributed by atoms with Crippen molar-refractivity contribution in [2.24, 2.45) is 0 Å². The Morgan fingerprint density at radius 2 is 1.66 bits per heavy atom. The molecule has 2 heterocycles. The largest absolute Gasteiger partial charge is 0.497 e. The summed E-state index contributed by atoms with van der Waals surface area (Å²) in [6, 6.07) is 12.5. The van der Waals surface area contributed by atoms with Crippen LogP contribution in [-0.2, 0) is 0 Å². The van der Waals surface area contributed by atoms with Gasteiger partial charge in [-0.25, -0.2) is 0 Å². The molecule has 10 heteroatoms. The highest BCUT2D eigenvalue weighted by Gasteiger charge is 2.21. The number of aromatic nitrogens is 5. The van der Waals surface area contributed by atoms with E-state index in [0.717, 1.165) is 11.3 Å². The molecule has 148 valence electrons. The number of nitrogen functional groups attached to an aromatic ring is 1. The molecule has 10 nitrogen and oxygen atoms in total. The van der Waals surface area contributed by atoms with Gasteiger partial charge in [-0.3, -0.25) is 0 Å². The highest BCUT2D eigenvalue weighted by molar-refractivity contribution is 5.67. The minimum absolute atomic E-state index is 0.154. The van der Waals surface area contributed by atoms with Crippen LogP contribution in [-0.4, -0.2) is 46.5 Å². The molecule has 2 N–H and O–H groups in total. The lowest BCUT2D eigenvalue weighted by molar-refractivity contribution is 0.400. The minimum Gasteiger partial charge on any atom is -0.497 e. The predicted octanol–water partition coefficient (Wildman–Crippen LogP) is 2.59. The first kappa shape index (κ1) is 18.3. The SMILES string of the molecule is COc1ccc(-c2noc(-c3nnn(-c4cc(OC)ccc4OC)c3N)n2)cc1. The third-order valence-corrected chi connectivity index (χ3v) is 4.30. The molecular formula is C19H18N6O4. The second-order valence-electron chi connectivity index (χ2n) is 5.92. The first-order valence-corrected chi connectivity index (χ1v) is 8.56. The molecule has 0 unspecified atom stereocenters. The third kappa shape index (κ3) is 3.31. The highest BCUT2D eigenvalue weighted by atomic mass is 16.5. The summed E-state index contributed by atoms with van der Waals surface area (Å²) in [5.41, 5.74) is 7.86. The van der Waals surface area contributed by atoms with Gasteiger partial charge < -0.3 is 24.5 Å². The first-order chi connectivity index (χ1) is 14.1. The van der Waals surface area contributed by atoms with E-state index in [4.69, 9.17) is 24.5 Å². The summed E-state index contributed by atoms with van der Waals surface area (Å²) in [4.78, 5) is 4.38. The summed E-state index contributed by atoms with van der Waals surface area (Å²) in [6.45, 7) is 0. The van der Waals surface area contributed by atoms with Gasteiger partial charge in [0.1, 0.15) is 22.9 Å². The molecule has 2 aromatic carbocycles. The Morgan fingerprint density at radius 3 is 2.34 bits per heavy atom. The second-order valence-corrected chi connectivity index (χ2v) is 5.92. The number of benzene rings is 2. The maximum Gasteiger partial charge on any atom is 0.282 e. The Hall–Kier alpha value is -4.08. The first-order valence-electron chi connectivity index (χ1n) is 8.56. The molecular weight excluding hydrogens is 376 g/mol. The Balaban J connectivity index is 1.70. The van der Waals surface area contributed by atoms with Gasteiger partial charge in [0.15, 0.2) is 11.5 Å². The van der Waals surface area contributed by atoms with Gasteiger partial charge in [-0.05, 0) is 36.4 Å². The number of ether oxygens (including phenoxy) is 3. The van der Waals surface area contributed by atoms with Gasteiger partial charge in [0, 0.05) is 11.6 Å². The fraction of sp³-hybridized carbons (Fsp3) is 0.158. The van der Waals surface area contributed by atoms with Gasteiger partial charge in [-0.1, -0.05) is 10.4 Å². The number of hydrogen-bond donors (Lipinski definition) is 1. The van der Waals surface area contributed by atoms with Crippen LogP contribution in [0.4, 0.5) is 5.82 Å². The van der Waals surface area contributed by atoms with Crippen molar-refractivity contribution in [1.29, 1.82) is 0 Å². The summed E-state index contributed by atoms with van der Waals surface area (Å²) in [7, 11) is 4.73. The third-order valence-electron chi connectivity index (χ3n) is 4.30. The summed E-state index contributed by atoms with van der Waals surface area (Å²) in [5, 5.41) is 12.2. The standard InChI is InChI=1S/C19H18N6O4/c1-26-12-6-4-11(5-7-12)18-21-19(29-23-18)16-17(20)25(24-22-16)14-10-13(27-2)8-9-15(14)28-3/h4-10H,20H2,1-3H3. The zero-order valence-electron chi connectivity index (χ0n) is 16.0. The molecule has 29 heavy (non-hydrogen) atoms. The van der Waals surface area contributed by atoms with E-state index in [1.807, 2.05) is 24.3 Å². The topological polar surface area (TPSA) is 123 Å². The van der Waals surface area contributed by atoms with Crippen LogP contribution >= 0.6 is 0 Å². The van der Waals surface area contributed by atoms with Crippen molar-refractivity contribution in [1.82, 2.24) is 25.1 Å². The van der Waals surface area contributed by atoms with Crippen LogP contribution in [0.2, 0.25) is 0 Å². The Kier molecular flexibility index (Phi) is 4.73. The van der Waals surface area contributed by atoms with E-state index in [1.165, 1.54) is 4.68 Å². The minimum atomic E-state index is 0.154. The maximum atomic E-state index is 6.27. The normalized spacial score (nSPS) is 10.7. The number of methoxy groups -OCH3 is 3. The second kappa shape index (κ2) is 7.50. The van der Waals surface area contributed by atoms with Crippen LogP contribution in [0.25, 0.3) is 28.7 Å². The molecule has 4 rings (SSSR count). The predicted molar refractivity (Wildman–Crippen MR) is 104 cm³/mol. The average Bonchev–Trinajstić information content (AvgIpc) is 3.40. The number of rotatable bonds is 6. The monoisotopic (exact) mass is 394 g/mol. The highest BCUT2D eigenvalue weighted by Crippen LogP contribution is 2.32. The lowest BCUT2D eigenvalue weighted by Crippen LogP contribution is -2.05. The van der Waals surface area contributed by atoms with Gasteiger partial charge >= 0.3 is 0 Å².